The van der Waals surface area contributed by atoms with Gasteiger partial charge >= 0.3 is 0 Å². The molecule has 1 aromatic heterocycles. The van der Waals surface area contributed by atoms with Crippen LogP contribution < -0.4 is 9.80 Å². The van der Waals surface area contributed by atoms with Crippen LogP contribution in [0, 0.1) is 5.82 Å². The minimum absolute atomic E-state index is 0.146. The number of carbonyl (C=O) groups is 1. The molecule has 0 saturated carbocycles. The fourth-order valence-electron chi connectivity index (χ4n) is 3.45. The lowest BCUT2D eigenvalue weighted by molar-refractivity contribution is 0.0746. The fraction of sp³-hybridized carbons (Fsp3) is 0.421. The van der Waals surface area contributed by atoms with Crippen molar-refractivity contribution in [2.75, 3.05) is 60.6 Å². The lowest BCUT2D eigenvalue weighted by Crippen LogP contribution is -2.49. The normalized spacial score (nSPS) is 17.7. The molecule has 0 unspecified atom stereocenters. The van der Waals surface area contributed by atoms with Gasteiger partial charge in [-0.3, -0.25) is 4.79 Å². The van der Waals surface area contributed by atoms with Crippen molar-refractivity contribution in [3.05, 3.63) is 47.0 Å². The molecule has 0 aliphatic carbocycles. The van der Waals surface area contributed by atoms with Crippen molar-refractivity contribution in [2.45, 2.75) is 0 Å². The number of anilines is 2. The molecular weight excluding hydrogens is 401 g/mol. The minimum atomic E-state index is -0.446. The van der Waals surface area contributed by atoms with Gasteiger partial charge in [0, 0.05) is 56.8 Å². The second-order valence-electron chi connectivity index (χ2n) is 6.74. The number of halogens is 2. The highest BCUT2D eigenvalue weighted by Crippen LogP contribution is 2.23. The molecule has 6 nitrogen and oxygen atoms in total. The van der Waals surface area contributed by atoms with E-state index in [1.54, 1.807) is 11.2 Å². The van der Waals surface area contributed by atoms with E-state index in [9.17, 15) is 9.18 Å². The summed E-state index contributed by atoms with van der Waals surface area (Å²) < 4.78 is 13.2. The van der Waals surface area contributed by atoms with E-state index >= 15 is 0 Å². The van der Waals surface area contributed by atoms with Gasteiger partial charge in [0.05, 0.1) is 10.6 Å². The molecule has 1 aromatic carbocycles. The van der Waals surface area contributed by atoms with Gasteiger partial charge in [0.15, 0.2) is 0 Å². The van der Waals surface area contributed by atoms with Crippen LogP contribution in [0.1, 0.15) is 10.4 Å². The summed E-state index contributed by atoms with van der Waals surface area (Å²) in [7, 11) is 0. The van der Waals surface area contributed by atoms with Crippen LogP contribution in [0.4, 0.5) is 16.0 Å². The number of benzene rings is 1. The van der Waals surface area contributed by atoms with E-state index in [0.29, 0.717) is 31.7 Å². The smallest absolute Gasteiger partial charge is 0.255 e. The lowest BCUT2D eigenvalue weighted by Gasteiger charge is -2.36. The Bertz CT molecular complexity index is 856. The maximum absolute atomic E-state index is 13.2. The van der Waals surface area contributed by atoms with E-state index in [4.69, 9.17) is 11.6 Å². The quantitative estimate of drug-likeness (QED) is 0.759. The van der Waals surface area contributed by atoms with Crippen LogP contribution in [0.25, 0.3) is 0 Å². The molecule has 2 fully saturated rings. The topological polar surface area (TPSA) is 52.6 Å². The number of hydrogen-bond acceptors (Lipinski definition) is 6. The van der Waals surface area contributed by atoms with Crippen molar-refractivity contribution in [2.24, 2.45) is 0 Å². The molecule has 28 heavy (non-hydrogen) atoms. The van der Waals surface area contributed by atoms with E-state index in [1.165, 1.54) is 18.2 Å². The molecule has 2 aliphatic rings. The maximum Gasteiger partial charge on any atom is 0.255 e. The van der Waals surface area contributed by atoms with Gasteiger partial charge in [0.2, 0.25) is 0 Å². The van der Waals surface area contributed by atoms with E-state index in [1.807, 2.05) is 17.8 Å². The van der Waals surface area contributed by atoms with E-state index < -0.39 is 5.82 Å². The Labute approximate surface area is 172 Å². The van der Waals surface area contributed by atoms with E-state index in [0.717, 1.165) is 36.2 Å². The summed E-state index contributed by atoms with van der Waals surface area (Å²) >= 11 is 8.00. The van der Waals surface area contributed by atoms with Crippen molar-refractivity contribution in [3.63, 3.8) is 0 Å². The van der Waals surface area contributed by atoms with E-state index in [2.05, 4.69) is 19.8 Å². The highest BCUT2D eigenvalue weighted by Gasteiger charge is 2.25. The van der Waals surface area contributed by atoms with Crippen LogP contribution in [-0.4, -0.2) is 71.5 Å². The summed E-state index contributed by atoms with van der Waals surface area (Å²) in [4.78, 5) is 27.8. The SMILES string of the molecule is O=C(c1ccc(F)cc1Cl)N1CCN(c2cc(N3CCSCC3)ncn2)CC1. The predicted octanol–water partition coefficient (Wildman–Crippen LogP) is 2.78. The van der Waals surface area contributed by atoms with Crippen LogP contribution in [0.15, 0.2) is 30.6 Å². The molecule has 2 saturated heterocycles. The Morgan fingerprint density at radius 1 is 0.964 bits per heavy atom. The molecule has 9 heteroatoms. The van der Waals surface area contributed by atoms with E-state index in [-0.39, 0.29) is 10.9 Å². The van der Waals surface area contributed by atoms with Gasteiger partial charge in [-0.2, -0.15) is 11.8 Å². The number of nitrogens with zero attached hydrogens (tertiary/aromatic N) is 5. The summed E-state index contributed by atoms with van der Waals surface area (Å²) in [6.45, 7) is 4.48. The number of amides is 1. The lowest BCUT2D eigenvalue weighted by atomic mass is 10.1. The first-order valence-corrected chi connectivity index (χ1v) is 10.8. The molecule has 2 aromatic rings. The molecule has 4 rings (SSSR count). The van der Waals surface area contributed by atoms with Crippen LogP contribution in [0.3, 0.4) is 0 Å². The van der Waals surface area contributed by atoms with Crippen LogP contribution in [-0.2, 0) is 0 Å². The zero-order valence-electron chi connectivity index (χ0n) is 15.4. The Kier molecular flexibility index (Phi) is 5.87. The zero-order valence-corrected chi connectivity index (χ0v) is 16.9. The molecule has 0 atom stereocenters. The number of piperazine rings is 1. The van der Waals surface area contributed by atoms with Crippen molar-refractivity contribution in [1.29, 1.82) is 0 Å². The average Bonchev–Trinajstić information content (AvgIpc) is 2.74. The number of hydrogen-bond donors (Lipinski definition) is 0. The van der Waals surface area contributed by atoms with Crippen molar-refractivity contribution in [3.8, 4) is 0 Å². The highest BCUT2D eigenvalue weighted by molar-refractivity contribution is 7.99. The Hall–Kier alpha value is -2.06. The third kappa shape index (κ3) is 4.17. The van der Waals surface area contributed by atoms with Gasteiger partial charge in [-0.25, -0.2) is 14.4 Å². The minimum Gasteiger partial charge on any atom is -0.355 e. The van der Waals surface area contributed by atoms with Crippen molar-refractivity contribution in [1.82, 2.24) is 14.9 Å². The standard InChI is InChI=1S/C19H21ClFN5OS/c20-16-11-14(21)1-2-15(16)19(27)26-5-3-24(4-6-26)17-12-18(23-13-22-17)25-7-9-28-10-8-25/h1-2,11-13H,3-10H2. The Morgan fingerprint density at radius 2 is 1.61 bits per heavy atom. The van der Waals surface area contributed by atoms with Crippen LogP contribution in [0.2, 0.25) is 5.02 Å². The summed E-state index contributed by atoms with van der Waals surface area (Å²) in [6.07, 6.45) is 1.61. The molecule has 0 spiro atoms. The number of aromatic nitrogens is 2. The average molecular weight is 422 g/mol. The highest BCUT2D eigenvalue weighted by atomic mass is 35.5. The Morgan fingerprint density at radius 3 is 2.25 bits per heavy atom. The molecule has 1 amide bonds. The maximum atomic E-state index is 13.2. The second-order valence-corrected chi connectivity index (χ2v) is 8.37. The Balaban J connectivity index is 1.40. The second kappa shape index (κ2) is 8.53. The van der Waals surface area contributed by atoms with Gasteiger partial charge in [0.25, 0.3) is 5.91 Å². The molecule has 2 aliphatic heterocycles. The monoisotopic (exact) mass is 421 g/mol. The molecular formula is C19H21ClFN5OS. The van der Waals surface area contributed by atoms with Gasteiger partial charge in [-0.1, -0.05) is 11.6 Å². The first-order chi connectivity index (χ1) is 13.6. The molecule has 0 radical (unpaired) electrons. The van der Waals surface area contributed by atoms with Crippen LogP contribution >= 0.6 is 23.4 Å². The first-order valence-electron chi connectivity index (χ1n) is 9.26. The molecule has 148 valence electrons. The zero-order chi connectivity index (χ0) is 19.5. The summed E-state index contributed by atoms with van der Waals surface area (Å²) in [6, 6.07) is 5.91. The summed E-state index contributed by atoms with van der Waals surface area (Å²) in [5, 5.41) is 0.146. The molecule has 0 bridgehead atoms. The third-order valence-corrected chi connectivity index (χ3v) is 6.28. The number of carbonyl (C=O) groups excluding carboxylic acids is 1. The van der Waals surface area contributed by atoms with Crippen molar-refractivity contribution >= 4 is 40.9 Å². The predicted molar refractivity (Wildman–Crippen MR) is 111 cm³/mol. The van der Waals surface area contributed by atoms with Gasteiger partial charge in [0.1, 0.15) is 23.8 Å². The first kappa shape index (κ1) is 19.3. The molecule has 0 N–H and O–H groups in total. The van der Waals surface area contributed by atoms with Crippen LogP contribution in [0.5, 0.6) is 0 Å². The van der Waals surface area contributed by atoms with Gasteiger partial charge in [-0.05, 0) is 18.2 Å². The largest absolute Gasteiger partial charge is 0.355 e. The summed E-state index contributed by atoms with van der Waals surface area (Å²) in [5.74, 6) is 3.46. The van der Waals surface area contributed by atoms with Crippen molar-refractivity contribution < 1.29 is 9.18 Å². The van der Waals surface area contributed by atoms with Gasteiger partial charge < -0.3 is 14.7 Å². The fourth-order valence-corrected chi connectivity index (χ4v) is 4.60. The number of rotatable bonds is 3. The van der Waals surface area contributed by atoms with Gasteiger partial charge in [-0.15, -0.1) is 0 Å². The molecule has 3 heterocycles. The third-order valence-electron chi connectivity index (χ3n) is 5.03. The summed E-state index contributed by atoms with van der Waals surface area (Å²) in [5.41, 5.74) is 0.337. The number of thioether (sulfide) groups is 1.